The molecule has 0 saturated carbocycles. The van der Waals surface area contributed by atoms with Crippen LogP contribution in [0.25, 0.3) is 10.9 Å². The topological polar surface area (TPSA) is 48.4 Å². The Morgan fingerprint density at radius 3 is 3.00 bits per heavy atom. The lowest BCUT2D eigenvalue weighted by Crippen LogP contribution is -2.24. The van der Waals surface area contributed by atoms with Crippen molar-refractivity contribution in [1.82, 2.24) is 4.98 Å². The van der Waals surface area contributed by atoms with Crippen molar-refractivity contribution in [2.24, 2.45) is 0 Å². The second-order valence-corrected chi connectivity index (χ2v) is 3.55. The van der Waals surface area contributed by atoms with Crippen LogP contribution in [-0.2, 0) is 9.53 Å². The number of esters is 1. The molecule has 5 heteroatoms. The van der Waals surface area contributed by atoms with Crippen LogP contribution in [0.3, 0.4) is 0 Å². The first-order valence-corrected chi connectivity index (χ1v) is 5.53. The fourth-order valence-electron chi connectivity index (χ4n) is 1.49. The number of benzene rings is 1. The van der Waals surface area contributed by atoms with E-state index in [9.17, 15) is 9.18 Å². The van der Waals surface area contributed by atoms with Crippen LogP contribution >= 0.6 is 0 Å². The SMILES string of the molecule is CCOC(=O)C(F)Oc1cnc2ccccc2c1. The van der Waals surface area contributed by atoms with E-state index >= 15 is 0 Å². The molecule has 2 aromatic rings. The van der Waals surface area contributed by atoms with E-state index in [2.05, 4.69) is 9.72 Å². The van der Waals surface area contributed by atoms with E-state index in [4.69, 9.17) is 4.74 Å². The van der Waals surface area contributed by atoms with E-state index in [-0.39, 0.29) is 12.4 Å². The summed E-state index contributed by atoms with van der Waals surface area (Å²) >= 11 is 0. The van der Waals surface area contributed by atoms with Crippen LogP contribution in [0.2, 0.25) is 0 Å². The van der Waals surface area contributed by atoms with Crippen molar-refractivity contribution >= 4 is 16.9 Å². The molecule has 0 bridgehead atoms. The van der Waals surface area contributed by atoms with Gasteiger partial charge in [-0.1, -0.05) is 18.2 Å². The average Bonchev–Trinajstić information content (AvgIpc) is 2.39. The minimum atomic E-state index is -2.13. The molecule has 0 fully saturated rings. The quantitative estimate of drug-likeness (QED) is 0.781. The molecule has 1 atom stereocenters. The summed E-state index contributed by atoms with van der Waals surface area (Å²) in [6.07, 6.45) is -0.762. The zero-order valence-electron chi connectivity index (χ0n) is 9.80. The number of alkyl halides is 1. The van der Waals surface area contributed by atoms with Crippen LogP contribution in [0.4, 0.5) is 4.39 Å². The number of carbonyl (C=O) groups is 1. The number of fused-ring (bicyclic) bond motifs is 1. The minimum absolute atomic E-state index is 0.110. The molecule has 2 rings (SSSR count). The number of aromatic nitrogens is 1. The van der Waals surface area contributed by atoms with Gasteiger partial charge in [-0.05, 0) is 19.1 Å². The van der Waals surface area contributed by atoms with E-state index in [1.165, 1.54) is 6.20 Å². The third-order valence-corrected chi connectivity index (χ3v) is 2.28. The maximum atomic E-state index is 13.3. The van der Waals surface area contributed by atoms with Crippen LogP contribution in [-0.4, -0.2) is 23.9 Å². The summed E-state index contributed by atoms with van der Waals surface area (Å²) in [6.45, 7) is 1.71. The molecule has 0 N–H and O–H groups in total. The number of nitrogens with zero attached hydrogens (tertiary/aromatic N) is 1. The fraction of sp³-hybridized carbons (Fsp3) is 0.231. The number of para-hydroxylation sites is 1. The van der Waals surface area contributed by atoms with Gasteiger partial charge in [0.05, 0.1) is 18.3 Å². The van der Waals surface area contributed by atoms with Gasteiger partial charge in [0, 0.05) is 5.39 Å². The molecule has 0 amide bonds. The highest BCUT2D eigenvalue weighted by molar-refractivity contribution is 5.79. The number of carbonyl (C=O) groups excluding carboxylic acids is 1. The lowest BCUT2D eigenvalue weighted by molar-refractivity contribution is -0.159. The van der Waals surface area contributed by atoms with Gasteiger partial charge < -0.3 is 9.47 Å². The lowest BCUT2D eigenvalue weighted by Gasteiger charge is -2.10. The summed E-state index contributed by atoms with van der Waals surface area (Å²) in [7, 11) is 0. The molecule has 4 nitrogen and oxygen atoms in total. The highest BCUT2D eigenvalue weighted by Crippen LogP contribution is 2.19. The number of halogens is 1. The Kier molecular flexibility index (Phi) is 3.72. The molecule has 0 aliphatic heterocycles. The minimum Gasteiger partial charge on any atom is -0.461 e. The zero-order chi connectivity index (χ0) is 13.0. The second kappa shape index (κ2) is 5.44. The number of hydrogen-bond acceptors (Lipinski definition) is 4. The Balaban J connectivity index is 2.14. The van der Waals surface area contributed by atoms with E-state index in [0.717, 1.165) is 10.9 Å². The zero-order valence-corrected chi connectivity index (χ0v) is 9.80. The van der Waals surface area contributed by atoms with Gasteiger partial charge in [-0.15, -0.1) is 0 Å². The first-order chi connectivity index (χ1) is 8.70. The van der Waals surface area contributed by atoms with Crippen molar-refractivity contribution in [3.05, 3.63) is 36.5 Å². The van der Waals surface area contributed by atoms with Crippen LogP contribution in [0, 0.1) is 0 Å². The number of ether oxygens (including phenoxy) is 2. The van der Waals surface area contributed by atoms with E-state index in [1.54, 1.807) is 13.0 Å². The molecular weight excluding hydrogens is 237 g/mol. The van der Waals surface area contributed by atoms with Gasteiger partial charge in [0.15, 0.2) is 0 Å². The van der Waals surface area contributed by atoms with E-state index in [0.29, 0.717) is 0 Å². The molecular formula is C13H12FNO3. The maximum absolute atomic E-state index is 13.3. The van der Waals surface area contributed by atoms with Gasteiger partial charge in [0.25, 0.3) is 0 Å². The summed E-state index contributed by atoms with van der Waals surface area (Å²) in [5, 5.41) is 0.811. The molecule has 1 heterocycles. The van der Waals surface area contributed by atoms with Gasteiger partial charge in [-0.25, -0.2) is 4.79 Å². The van der Waals surface area contributed by atoms with Crippen LogP contribution in [0.5, 0.6) is 5.75 Å². The molecule has 0 radical (unpaired) electrons. The van der Waals surface area contributed by atoms with Gasteiger partial charge in [-0.3, -0.25) is 4.98 Å². The third-order valence-electron chi connectivity index (χ3n) is 2.28. The Morgan fingerprint density at radius 1 is 1.44 bits per heavy atom. The van der Waals surface area contributed by atoms with Crippen molar-refractivity contribution in [2.45, 2.75) is 13.3 Å². The molecule has 1 aromatic heterocycles. The maximum Gasteiger partial charge on any atom is 0.381 e. The Morgan fingerprint density at radius 2 is 2.22 bits per heavy atom. The first-order valence-electron chi connectivity index (χ1n) is 5.53. The number of rotatable bonds is 4. The molecule has 18 heavy (non-hydrogen) atoms. The fourth-order valence-corrected chi connectivity index (χ4v) is 1.49. The predicted octanol–water partition coefficient (Wildman–Crippen LogP) is 2.47. The van der Waals surface area contributed by atoms with Crippen molar-refractivity contribution in [1.29, 1.82) is 0 Å². The van der Waals surface area contributed by atoms with Crippen LogP contribution in [0.15, 0.2) is 36.5 Å². The summed E-state index contributed by atoms with van der Waals surface area (Å²) in [5.74, 6) is -0.847. The highest BCUT2D eigenvalue weighted by atomic mass is 19.1. The summed E-state index contributed by atoms with van der Waals surface area (Å²) in [6, 6.07) is 8.97. The van der Waals surface area contributed by atoms with Crippen LogP contribution in [0.1, 0.15) is 6.92 Å². The molecule has 0 aliphatic rings. The lowest BCUT2D eigenvalue weighted by atomic mass is 10.2. The van der Waals surface area contributed by atoms with Gasteiger partial charge >= 0.3 is 12.3 Å². The van der Waals surface area contributed by atoms with E-state index in [1.807, 2.05) is 24.3 Å². The highest BCUT2D eigenvalue weighted by Gasteiger charge is 2.20. The molecule has 94 valence electrons. The molecule has 1 unspecified atom stereocenters. The van der Waals surface area contributed by atoms with Gasteiger partial charge in [0.1, 0.15) is 5.75 Å². The largest absolute Gasteiger partial charge is 0.461 e. The summed E-state index contributed by atoms with van der Waals surface area (Å²) in [4.78, 5) is 15.2. The van der Waals surface area contributed by atoms with Crippen molar-refractivity contribution in [2.75, 3.05) is 6.61 Å². The third kappa shape index (κ3) is 2.74. The van der Waals surface area contributed by atoms with Crippen molar-refractivity contribution in [3.8, 4) is 5.75 Å². The molecule has 0 saturated heterocycles. The standard InChI is InChI=1S/C13H12FNO3/c1-2-17-13(16)12(14)18-10-7-9-5-3-4-6-11(9)15-8-10/h3-8,12H,2H2,1H3. The van der Waals surface area contributed by atoms with Gasteiger partial charge in [-0.2, -0.15) is 4.39 Å². The summed E-state index contributed by atoms with van der Waals surface area (Å²) < 4.78 is 22.7. The van der Waals surface area contributed by atoms with Crippen LogP contribution < -0.4 is 4.74 Å². The Hall–Kier alpha value is -2.17. The average molecular weight is 249 g/mol. The monoisotopic (exact) mass is 249 g/mol. The smallest absolute Gasteiger partial charge is 0.381 e. The number of hydrogen-bond donors (Lipinski definition) is 0. The normalized spacial score (nSPS) is 12.1. The molecule has 1 aromatic carbocycles. The molecule has 0 spiro atoms. The Bertz CT molecular complexity index is 559. The van der Waals surface area contributed by atoms with Crippen molar-refractivity contribution in [3.63, 3.8) is 0 Å². The predicted molar refractivity (Wildman–Crippen MR) is 63.9 cm³/mol. The van der Waals surface area contributed by atoms with E-state index < -0.39 is 12.3 Å². The first kappa shape index (κ1) is 12.3. The Labute approximate surface area is 103 Å². The van der Waals surface area contributed by atoms with Crippen molar-refractivity contribution < 1.29 is 18.7 Å². The molecule has 0 aliphatic carbocycles. The second-order valence-electron chi connectivity index (χ2n) is 3.55. The summed E-state index contributed by atoms with van der Waals surface area (Å²) in [5.41, 5.74) is 0.774. The van der Waals surface area contributed by atoms with Gasteiger partial charge in [0.2, 0.25) is 0 Å². The number of pyridine rings is 1.